The Bertz CT molecular complexity index is 1210. The molecule has 1 aliphatic heterocycles. The highest BCUT2D eigenvalue weighted by molar-refractivity contribution is 8.13. The van der Waals surface area contributed by atoms with Gasteiger partial charge in [0, 0.05) is 53.5 Å². The van der Waals surface area contributed by atoms with Crippen LogP contribution in [0.25, 0.3) is 11.0 Å². The average molecular weight is 478 g/mol. The van der Waals surface area contributed by atoms with Crippen LogP contribution in [0.3, 0.4) is 0 Å². The number of pyridine rings is 1. The highest BCUT2D eigenvalue weighted by Gasteiger charge is 2.25. The van der Waals surface area contributed by atoms with E-state index in [1.807, 2.05) is 0 Å². The lowest BCUT2D eigenvalue weighted by Crippen LogP contribution is -2.42. The highest BCUT2D eigenvalue weighted by Crippen LogP contribution is 2.18. The molecule has 3 rings (SSSR count). The monoisotopic (exact) mass is 477 g/mol. The number of sulfonamides is 1. The number of nitrogens with one attached hydrogen (secondary N) is 1. The van der Waals surface area contributed by atoms with Crippen molar-refractivity contribution in [2.75, 3.05) is 30.4 Å². The zero-order valence-corrected chi connectivity index (χ0v) is 19.1. The van der Waals surface area contributed by atoms with E-state index in [-0.39, 0.29) is 30.3 Å². The fourth-order valence-corrected chi connectivity index (χ4v) is 5.17. The van der Waals surface area contributed by atoms with Crippen LogP contribution in [-0.4, -0.2) is 66.8 Å². The number of hydrogen-bond donors (Lipinski definition) is 1. The van der Waals surface area contributed by atoms with E-state index in [4.69, 9.17) is 10.7 Å². The third-order valence-electron chi connectivity index (χ3n) is 5.03. The van der Waals surface area contributed by atoms with Crippen LogP contribution in [0.4, 0.5) is 5.95 Å². The van der Waals surface area contributed by atoms with E-state index >= 15 is 0 Å². The molecule has 0 bridgehead atoms. The number of aromatic nitrogens is 3. The van der Waals surface area contributed by atoms with Gasteiger partial charge in [0.25, 0.3) is 5.56 Å². The Labute approximate surface area is 179 Å². The van der Waals surface area contributed by atoms with E-state index in [0.29, 0.717) is 48.5 Å². The first-order valence-electron chi connectivity index (χ1n) is 9.45. The second-order valence-electron chi connectivity index (χ2n) is 7.43. The predicted octanol–water partition coefficient (Wildman–Crippen LogP) is 0.895. The lowest BCUT2D eigenvalue weighted by Gasteiger charge is -2.30. The number of aryl methyl sites for hydroxylation is 2. The first-order chi connectivity index (χ1) is 13.9. The van der Waals surface area contributed by atoms with Crippen LogP contribution in [0.1, 0.15) is 24.8 Å². The van der Waals surface area contributed by atoms with Crippen LogP contribution < -0.4 is 10.9 Å². The summed E-state index contributed by atoms with van der Waals surface area (Å²) in [5, 5.41) is 3.88. The molecule has 3 heterocycles. The molecule has 1 aliphatic rings. The van der Waals surface area contributed by atoms with Crippen molar-refractivity contribution in [1.82, 2.24) is 18.8 Å². The molecule has 13 heteroatoms. The van der Waals surface area contributed by atoms with E-state index in [2.05, 4.69) is 15.3 Å². The van der Waals surface area contributed by atoms with Gasteiger partial charge in [-0.3, -0.25) is 9.36 Å². The zero-order valence-electron chi connectivity index (χ0n) is 16.7. The average Bonchev–Trinajstić information content (AvgIpc) is 2.64. The number of halogens is 1. The molecule has 0 unspecified atom stereocenters. The summed E-state index contributed by atoms with van der Waals surface area (Å²) in [4.78, 5) is 21.4. The van der Waals surface area contributed by atoms with Gasteiger partial charge in [-0.05, 0) is 32.3 Å². The van der Waals surface area contributed by atoms with Crippen LogP contribution in [0.2, 0.25) is 0 Å². The van der Waals surface area contributed by atoms with Crippen LogP contribution >= 0.6 is 10.7 Å². The quantitative estimate of drug-likeness (QED) is 0.581. The minimum Gasteiger partial charge on any atom is -0.351 e. The van der Waals surface area contributed by atoms with E-state index in [0.717, 1.165) is 0 Å². The SMILES string of the molecule is Cc1cc2cnc(NC3CCN(S(C)(=O)=O)CC3)nc2n(CCCS(=O)(=O)Cl)c1=O. The summed E-state index contributed by atoms with van der Waals surface area (Å²) in [5.41, 5.74) is 0.665. The number of anilines is 1. The van der Waals surface area contributed by atoms with Gasteiger partial charge in [0.1, 0.15) is 5.65 Å². The molecule has 30 heavy (non-hydrogen) atoms. The lowest BCUT2D eigenvalue weighted by atomic mass is 10.1. The van der Waals surface area contributed by atoms with Gasteiger partial charge >= 0.3 is 0 Å². The van der Waals surface area contributed by atoms with Gasteiger partial charge in [-0.1, -0.05) is 0 Å². The summed E-state index contributed by atoms with van der Waals surface area (Å²) in [6.45, 7) is 2.67. The summed E-state index contributed by atoms with van der Waals surface area (Å²) in [7, 11) is -1.58. The maximum absolute atomic E-state index is 12.6. The maximum Gasteiger partial charge on any atom is 0.255 e. The standard InChI is InChI=1S/C17H24ClN5O5S2/c1-12-10-13-11-19-17(20-14-4-7-22(8-5-14)29(2,25)26)21-15(13)23(16(12)24)6-3-9-30(18,27)28/h10-11,14H,3-9H2,1-2H3,(H,19,20,21). The number of fused-ring (bicyclic) bond motifs is 1. The van der Waals surface area contributed by atoms with Crippen molar-refractivity contribution in [3.05, 3.63) is 28.2 Å². The summed E-state index contributed by atoms with van der Waals surface area (Å²) in [6.07, 6.45) is 4.22. The minimum absolute atomic E-state index is 0.00691. The van der Waals surface area contributed by atoms with E-state index in [9.17, 15) is 21.6 Å². The van der Waals surface area contributed by atoms with Crippen LogP contribution in [0, 0.1) is 6.92 Å². The molecule has 10 nitrogen and oxygen atoms in total. The molecule has 0 amide bonds. The van der Waals surface area contributed by atoms with Gasteiger partial charge in [-0.2, -0.15) is 4.98 Å². The third kappa shape index (κ3) is 5.68. The molecule has 0 spiro atoms. The third-order valence-corrected chi connectivity index (χ3v) is 7.57. The molecule has 2 aromatic heterocycles. The molecule has 0 radical (unpaired) electrons. The van der Waals surface area contributed by atoms with Crippen molar-refractivity contribution < 1.29 is 16.8 Å². The second-order valence-corrected chi connectivity index (χ2v) is 12.3. The van der Waals surface area contributed by atoms with Gasteiger partial charge in [-0.25, -0.2) is 26.1 Å². The first kappa shape index (κ1) is 22.9. The van der Waals surface area contributed by atoms with Crippen molar-refractivity contribution in [3.8, 4) is 0 Å². The van der Waals surface area contributed by atoms with Gasteiger partial charge in [0.2, 0.25) is 25.0 Å². The largest absolute Gasteiger partial charge is 0.351 e. The zero-order chi connectivity index (χ0) is 22.1. The molecule has 1 fully saturated rings. The van der Waals surface area contributed by atoms with Crippen molar-refractivity contribution in [2.45, 2.75) is 38.8 Å². The van der Waals surface area contributed by atoms with Crippen molar-refractivity contribution in [1.29, 1.82) is 0 Å². The molecule has 0 atom stereocenters. The smallest absolute Gasteiger partial charge is 0.255 e. The summed E-state index contributed by atoms with van der Waals surface area (Å²) in [5.74, 6) is 0.0909. The molecule has 1 N–H and O–H groups in total. The molecule has 0 saturated carbocycles. The Morgan fingerprint density at radius 1 is 1.23 bits per heavy atom. The summed E-state index contributed by atoms with van der Waals surface area (Å²) >= 11 is 0. The predicted molar refractivity (Wildman–Crippen MR) is 116 cm³/mol. The highest BCUT2D eigenvalue weighted by atomic mass is 35.7. The first-order valence-corrected chi connectivity index (χ1v) is 13.8. The van der Waals surface area contributed by atoms with Crippen molar-refractivity contribution >= 4 is 46.7 Å². The van der Waals surface area contributed by atoms with Gasteiger partial charge in [0.05, 0.1) is 12.0 Å². The molecule has 0 aromatic carbocycles. The molecule has 1 saturated heterocycles. The van der Waals surface area contributed by atoms with Crippen LogP contribution in [-0.2, 0) is 25.6 Å². The molecular formula is C17H24ClN5O5S2. The van der Waals surface area contributed by atoms with E-state index < -0.39 is 19.1 Å². The Morgan fingerprint density at radius 3 is 2.50 bits per heavy atom. The topological polar surface area (TPSA) is 131 Å². The van der Waals surface area contributed by atoms with Gasteiger partial charge in [0.15, 0.2) is 0 Å². The number of hydrogen-bond acceptors (Lipinski definition) is 8. The fraction of sp³-hybridized carbons (Fsp3) is 0.588. The van der Waals surface area contributed by atoms with Gasteiger partial charge < -0.3 is 5.32 Å². The van der Waals surface area contributed by atoms with Crippen molar-refractivity contribution in [2.24, 2.45) is 0 Å². The Hall–Kier alpha value is -1.76. The van der Waals surface area contributed by atoms with E-state index in [1.54, 1.807) is 19.2 Å². The lowest BCUT2D eigenvalue weighted by molar-refractivity contribution is 0.331. The fourth-order valence-electron chi connectivity index (χ4n) is 3.49. The van der Waals surface area contributed by atoms with Crippen molar-refractivity contribution in [3.63, 3.8) is 0 Å². The molecular weight excluding hydrogens is 454 g/mol. The molecule has 0 aliphatic carbocycles. The summed E-state index contributed by atoms with van der Waals surface area (Å²) in [6, 6.07) is 1.70. The van der Waals surface area contributed by atoms with Gasteiger partial charge in [-0.15, -0.1) is 0 Å². The number of nitrogens with zero attached hydrogens (tertiary/aromatic N) is 4. The Balaban J connectivity index is 1.81. The van der Waals surface area contributed by atoms with Crippen LogP contribution in [0.15, 0.2) is 17.1 Å². The number of piperidine rings is 1. The normalized spacial score (nSPS) is 16.8. The molecule has 166 valence electrons. The van der Waals surface area contributed by atoms with Crippen LogP contribution in [0.5, 0.6) is 0 Å². The maximum atomic E-state index is 12.6. The Morgan fingerprint density at radius 2 is 1.90 bits per heavy atom. The minimum atomic E-state index is -3.65. The van der Waals surface area contributed by atoms with E-state index in [1.165, 1.54) is 15.1 Å². The second kappa shape index (κ2) is 8.77. The summed E-state index contributed by atoms with van der Waals surface area (Å²) < 4.78 is 48.6. The molecule has 2 aromatic rings. The number of rotatable bonds is 7. The Kier molecular flexibility index (Phi) is 6.70.